The molecule has 3 rings (SSSR count). The van der Waals surface area contributed by atoms with Gasteiger partial charge in [0.25, 0.3) is 0 Å². The SMILES string of the molecule is CN(C)c1ccccc1NCc1ccc2ncccc2c1. The van der Waals surface area contributed by atoms with Crippen LogP contribution >= 0.6 is 0 Å². The third-order valence-corrected chi connectivity index (χ3v) is 3.54. The summed E-state index contributed by atoms with van der Waals surface area (Å²) in [7, 11) is 4.12. The average molecular weight is 277 g/mol. The molecular weight excluding hydrogens is 258 g/mol. The second-order valence-corrected chi connectivity index (χ2v) is 5.30. The van der Waals surface area contributed by atoms with Gasteiger partial charge >= 0.3 is 0 Å². The Kier molecular flexibility index (Phi) is 3.73. The molecule has 0 spiro atoms. The zero-order valence-corrected chi connectivity index (χ0v) is 12.4. The van der Waals surface area contributed by atoms with Crippen molar-refractivity contribution in [2.75, 3.05) is 24.3 Å². The Balaban J connectivity index is 1.80. The van der Waals surface area contributed by atoms with E-state index in [1.54, 1.807) is 0 Å². The molecule has 3 heteroatoms. The van der Waals surface area contributed by atoms with Gasteiger partial charge in [0, 0.05) is 32.2 Å². The minimum Gasteiger partial charge on any atom is -0.379 e. The van der Waals surface area contributed by atoms with Crippen LogP contribution < -0.4 is 10.2 Å². The Hall–Kier alpha value is -2.55. The number of fused-ring (bicyclic) bond motifs is 1. The smallest absolute Gasteiger partial charge is 0.0702 e. The molecule has 1 heterocycles. The summed E-state index contributed by atoms with van der Waals surface area (Å²) in [6, 6.07) is 18.8. The van der Waals surface area contributed by atoms with Crippen molar-refractivity contribution in [1.29, 1.82) is 0 Å². The summed E-state index contributed by atoms with van der Waals surface area (Å²) in [4.78, 5) is 6.47. The third kappa shape index (κ3) is 2.97. The number of aromatic nitrogens is 1. The Morgan fingerprint density at radius 3 is 2.71 bits per heavy atom. The van der Waals surface area contributed by atoms with Gasteiger partial charge in [-0.25, -0.2) is 0 Å². The quantitative estimate of drug-likeness (QED) is 0.783. The van der Waals surface area contributed by atoms with Crippen molar-refractivity contribution >= 4 is 22.3 Å². The van der Waals surface area contributed by atoms with Crippen molar-refractivity contribution in [3.05, 3.63) is 66.4 Å². The first-order chi connectivity index (χ1) is 10.2. The zero-order valence-electron chi connectivity index (χ0n) is 12.4. The fraction of sp³-hybridized carbons (Fsp3) is 0.167. The standard InChI is InChI=1S/C18H19N3/c1-21(2)18-8-4-3-7-17(18)20-13-14-9-10-16-15(12-14)6-5-11-19-16/h3-12,20H,13H2,1-2H3. The van der Waals surface area contributed by atoms with E-state index in [0.717, 1.165) is 17.7 Å². The van der Waals surface area contributed by atoms with E-state index >= 15 is 0 Å². The van der Waals surface area contributed by atoms with Crippen molar-refractivity contribution < 1.29 is 0 Å². The minimum absolute atomic E-state index is 0.801. The number of hydrogen-bond acceptors (Lipinski definition) is 3. The highest BCUT2D eigenvalue weighted by molar-refractivity contribution is 5.79. The van der Waals surface area contributed by atoms with Gasteiger partial charge in [-0.05, 0) is 35.9 Å². The largest absolute Gasteiger partial charge is 0.379 e. The summed E-state index contributed by atoms with van der Waals surface area (Å²) < 4.78 is 0. The predicted molar refractivity (Wildman–Crippen MR) is 89.8 cm³/mol. The van der Waals surface area contributed by atoms with Crippen LogP contribution in [0.2, 0.25) is 0 Å². The van der Waals surface area contributed by atoms with Crippen LogP contribution in [0, 0.1) is 0 Å². The first kappa shape index (κ1) is 13.4. The van der Waals surface area contributed by atoms with Gasteiger partial charge in [-0.2, -0.15) is 0 Å². The first-order valence-corrected chi connectivity index (χ1v) is 7.08. The molecule has 0 bridgehead atoms. The lowest BCUT2D eigenvalue weighted by molar-refractivity contribution is 1.10. The number of pyridine rings is 1. The maximum atomic E-state index is 4.35. The number of nitrogens with zero attached hydrogens (tertiary/aromatic N) is 2. The summed E-state index contributed by atoms with van der Waals surface area (Å²) in [6.45, 7) is 0.801. The van der Waals surface area contributed by atoms with E-state index in [4.69, 9.17) is 0 Å². The van der Waals surface area contributed by atoms with Gasteiger partial charge in [-0.1, -0.05) is 24.3 Å². The summed E-state index contributed by atoms with van der Waals surface area (Å²) in [5.74, 6) is 0. The second kappa shape index (κ2) is 5.83. The molecule has 0 amide bonds. The number of anilines is 2. The molecular formula is C18H19N3. The molecule has 21 heavy (non-hydrogen) atoms. The monoisotopic (exact) mass is 277 g/mol. The van der Waals surface area contributed by atoms with Gasteiger partial charge in [0.15, 0.2) is 0 Å². The fourth-order valence-corrected chi connectivity index (χ4v) is 2.45. The number of benzene rings is 2. The molecule has 0 saturated carbocycles. The van der Waals surface area contributed by atoms with Gasteiger partial charge in [-0.3, -0.25) is 4.98 Å². The lowest BCUT2D eigenvalue weighted by Crippen LogP contribution is -2.12. The van der Waals surface area contributed by atoms with Crippen LogP contribution in [0.15, 0.2) is 60.8 Å². The van der Waals surface area contributed by atoms with Crippen LogP contribution in [-0.4, -0.2) is 19.1 Å². The molecule has 0 radical (unpaired) electrons. The third-order valence-electron chi connectivity index (χ3n) is 3.54. The van der Waals surface area contributed by atoms with E-state index in [1.165, 1.54) is 16.6 Å². The second-order valence-electron chi connectivity index (χ2n) is 5.30. The molecule has 0 aliphatic heterocycles. The highest BCUT2D eigenvalue weighted by Crippen LogP contribution is 2.24. The fourth-order valence-electron chi connectivity index (χ4n) is 2.45. The Morgan fingerprint density at radius 2 is 1.86 bits per heavy atom. The molecule has 1 N–H and O–H groups in total. The number of para-hydroxylation sites is 2. The van der Waals surface area contributed by atoms with Crippen molar-refractivity contribution in [2.45, 2.75) is 6.54 Å². The molecule has 3 nitrogen and oxygen atoms in total. The van der Waals surface area contributed by atoms with Crippen molar-refractivity contribution in [3.8, 4) is 0 Å². The van der Waals surface area contributed by atoms with Crippen molar-refractivity contribution in [1.82, 2.24) is 4.98 Å². The van der Waals surface area contributed by atoms with Crippen LogP contribution in [0.5, 0.6) is 0 Å². The number of nitrogens with one attached hydrogen (secondary N) is 1. The topological polar surface area (TPSA) is 28.2 Å². The highest BCUT2D eigenvalue weighted by atomic mass is 15.1. The van der Waals surface area contributed by atoms with Crippen LogP contribution in [-0.2, 0) is 6.54 Å². The van der Waals surface area contributed by atoms with E-state index < -0.39 is 0 Å². The van der Waals surface area contributed by atoms with Gasteiger partial charge < -0.3 is 10.2 Å². The highest BCUT2D eigenvalue weighted by Gasteiger charge is 2.03. The molecule has 0 atom stereocenters. The summed E-state index contributed by atoms with van der Waals surface area (Å²) in [5.41, 5.74) is 4.63. The van der Waals surface area contributed by atoms with Crippen LogP contribution in [0.1, 0.15) is 5.56 Å². The van der Waals surface area contributed by atoms with Gasteiger partial charge in [0.05, 0.1) is 16.9 Å². The lowest BCUT2D eigenvalue weighted by Gasteiger charge is -2.18. The summed E-state index contributed by atoms with van der Waals surface area (Å²) >= 11 is 0. The molecule has 0 fully saturated rings. The number of hydrogen-bond donors (Lipinski definition) is 1. The van der Waals surface area contributed by atoms with Crippen LogP contribution in [0.25, 0.3) is 10.9 Å². The molecule has 0 unspecified atom stereocenters. The normalized spacial score (nSPS) is 10.6. The molecule has 3 aromatic rings. The molecule has 0 saturated heterocycles. The van der Waals surface area contributed by atoms with E-state index in [-0.39, 0.29) is 0 Å². The predicted octanol–water partition coefficient (Wildman–Crippen LogP) is 3.91. The van der Waals surface area contributed by atoms with Gasteiger partial charge in [0.2, 0.25) is 0 Å². The molecule has 106 valence electrons. The molecule has 0 aliphatic carbocycles. The Labute approximate surface area is 125 Å². The summed E-state index contributed by atoms with van der Waals surface area (Å²) in [6.07, 6.45) is 1.83. The maximum absolute atomic E-state index is 4.35. The molecule has 1 aromatic heterocycles. The minimum atomic E-state index is 0.801. The average Bonchev–Trinajstić information content (AvgIpc) is 2.53. The zero-order chi connectivity index (χ0) is 14.7. The van der Waals surface area contributed by atoms with E-state index in [2.05, 4.69) is 77.8 Å². The first-order valence-electron chi connectivity index (χ1n) is 7.08. The maximum Gasteiger partial charge on any atom is 0.0702 e. The van der Waals surface area contributed by atoms with E-state index in [0.29, 0.717) is 0 Å². The van der Waals surface area contributed by atoms with Crippen molar-refractivity contribution in [3.63, 3.8) is 0 Å². The molecule has 2 aromatic carbocycles. The van der Waals surface area contributed by atoms with Gasteiger partial charge in [0.1, 0.15) is 0 Å². The van der Waals surface area contributed by atoms with Gasteiger partial charge in [-0.15, -0.1) is 0 Å². The summed E-state index contributed by atoms with van der Waals surface area (Å²) in [5, 5.41) is 4.69. The van der Waals surface area contributed by atoms with E-state index in [1.807, 2.05) is 12.3 Å². The number of rotatable bonds is 4. The van der Waals surface area contributed by atoms with Crippen LogP contribution in [0.4, 0.5) is 11.4 Å². The Morgan fingerprint density at radius 1 is 1.00 bits per heavy atom. The van der Waals surface area contributed by atoms with E-state index in [9.17, 15) is 0 Å². The molecule has 0 aliphatic rings. The van der Waals surface area contributed by atoms with Crippen LogP contribution in [0.3, 0.4) is 0 Å². The van der Waals surface area contributed by atoms with Crippen molar-refractivity contribution in [2.24, 2.45) is 0 Å². The lowest BCUT2D eigenvalue weighted by atomic mass is 10.1. The Bertz CT molecular complexity index is 750.